The molecule has 2 amide bonds. The molecule has 0 radical (unpaired) electrons. The predicted octanol–water partition coefficient (Wildman–Crippen LogP) is 3.79. The van der Waals surface area contributed by atoms with E-state index in [-0.39, 0.29) is 23.8 Å². The van der Waals surface area contributed by atoms with Gasteiger partial charge in [-0.15, -0.1) is 13.2 Å². The van der Waals surface area contributed by atoms with Gasteiger partial charge < -0.3 is 10.2 Å². The van der Waals surface area contributed by atoms with Gasteiger partial charge in [-0.25, -0.2) is 0 Å². The number of nitrogens with zero attached hydrogens (tertiary/aromatic N) is 2. The van der Waals surface area contributed by atoms with Gasteiger partial charge in [-0.2, -0.15) is 0 Å². The van der Waals surface area contributed by atoms with Gasteiger partial charge in [-0.05, 0) is 37.7 Å². The number of piperidine rings is 1. The smallest absolute Gasteiger partial charge is 0.237 e. The lowest BCUT2D eigenvalue weighted by molar-refractivity contribution is -0.145. The number of carbonyl (C=O) groups is 2. The van der Waals surface area contributed by atoms with Crippen molar-refractivity contribution in [3.8, 4) is 0 Å². The van der Waals surface area contributed by atoms with Crippen LogP contribution in [0.3, 0.4) is 0 Å². The molecule has 1 unspecified atom stereocenters. The molecule has 5 nitrogen and oxygen atoms in total. The lowest BCUT2D eigenvalue weighted by Gasteiger charge is -2.47. The van der Waals surface area contributed by atoms with Gasteiger partial charge in [0.1, 0.15) is 0 Å². The van der Waals surface area contributed by atoms with Gasteiger partial charge in [0, 0.05) is 31.7 Å². The first-order valence-corrected chi connectivity index (χ1v) is 11.4. The second kappa shape index (κ2) is 11.1. The van der Waals surface area contributed by atoms with Crippen molar-refractivity contribution in [2.24, 2.45) is 0 Å². The van der Waals surface area contributed by atoms with Gasteiger partial charge >= 0.3 is 0 Å². The zero-order valence-electron chi connectivity index (χ0n) is 18.5. The van der Waals surface area contributed by atoms with Crippen molar-refractivity contribution < 1.29 is 9.59 Å². The van der Waals surface area contributed by atoms with Crippen molar-refractivity contribution in [2.45, 2.75) is 50.1 Å². The molecule has 0 aromatic heterocycles. The minimum absolute atomic E-state index is 0.0530. The average molecular weight is 422 g/mol. The molecule has 3 rings (SSSR count). The summed E-state index contributed by atoms with van der Waals surface area (Å²) in [6.45, 7) is 10.6. The fourth-order valence-corrected chi connectivity index (χ4v) is 4.90. The lowest BCUT2D eigenvalue weighted by Crippen LogP contribution is -2.59. The fraction of sp³-hybridized carbons (Fsp3) is 0.462. The zero-order chi connectivity index (χ0) is 22.1. The van der Waals surface area contributed by atoms with Gasteiger partial charge in [0.25, 0.3) is 0 Å². The lowest BCUT2D eigenvalue weighted by atomic mass is 9.80. The van der Waals surface area contributed by atoms with E-state index < -0.39 is 6.04 Å². The summed E-state index contributed by atoms with van der Waals surface area (Å²) in [6.07, 6.45) is 12.7. The molecule has 0 spiro atoms. The molecule has 0 aliphatic carbocycles. The van der Waals surface area contributed by atoms with E-state index in [4.69, 9.17) is 0 Å². The van der Waals surface area contributed by atoms with Crippen LogP contribution in [-0.4, -0.2) is 59.4 Å². The van der Waals surface area contributed by atoms with Crippen molar-refractivity contribution >= 4 is 17.9 Å². The van der Waals surface area contributed by atoms with Crippen LogP contribution < -0.4 is 5.32 Å². The van der Waals surface area contributed by atoms with Gasteiger partial charge in [-0.1, -0.05) is 54.6 Å². The Morgan fingerprint density at radius 1 is 1.13 bits per heavy atom. The van der Waals surface area contributed by atoms with Crippen LogP contribution in [0.1, 0.15) is 44.1 Å². The molecule has 5 heteroatoms. The number of carbonyl (C=O) groups excluding carboxylic acids is 2. The Balaban J connectivity index is 1.71. The van der Waals surface area contributed by atoms with Crippen LogP contribution in [0.15, 0.2) is 61.7 Å². The van der Waals surface area contributed by atoms with Crippen molar-refractivity contribution in [2.75, 3.05) is 26.2 Å². The molecular formula is C26H35N3O2. The van der Waals surface area contributed by atoms with Crippen molar-refractivity contribution in [3.63, 3.8) is 0 Å². The Morgan fingerprint density at radius 2 is 1.87 bits per heavy atom. The second-order valence-corrected chi connectivity index (χ2v) is 8.53. The first kappa shape index (κ1) is 23.0. The highest BCUT2D eigenvalue weighted by Gasteiger charge is 2.41. The SMILES string of the molecule is C=CCC1(CC=C)CCCCN1C(=O)CC1C(=O)NCCN1C/C=C/c1ccccc1. The Kier molecular flexibility index (Phi) is 8.24. The highest BCUT2D eigenvalue weighted by Crippen LogP contribution is 2.36. The summed E-state index contributed by atoms with van der Waals surface area (Å²) in [4.78, 5) is 30.3. The van der Waals surface area contributed by atoms with Crippen LogP contribution in [0.4, 0.5) is 0 Å². The molecule has 1 aromatic rings. The number of hydrogen-bond donors (Lipinski definition) is 1. The highest BCUT2D eigenvalue weighted by molar-refractivity contribution is 5.89. The largest absolute Gasteiger partial charge is 0.353 e. The maximum Gasteiger partial charge on any atom is 0.237 e. The zero-order valence-corrected chi connectivity index (χ0v) is 18.5. The minimum atomic E-state index is -0.436. The summed E-state index contributed by atoms with van der Waals surface area (Å²) < 4.78 is 0. The summed E-state index contributed by atoms with van der Waals surface area (Å²) in [5, 5.41) is 2.94. The van der Waals surface area contributed by atoms with Gasteiger partial charge in [0.2, 0.25) is 11.8 Å². The first-order valence-electron chi connectivity index (χ1n) is 11.4. The van der Waals surface area contributed by atoms with E-state index in [9.17, 15) is 9.59 Å². The summed E-state index contributed by atoms with van der Waals surface area (Å²) in [5.41, 5.74) is 0.880. The Bertz CT molecular complexity index is 792. The molecule has 1 N–H and O–H groups in total. The van der Waals surface area contributed by atoms with Crippen LogP contribution >= 0.6 is 0 Å². The average Bonchev–Trinajstić information content (AvgIpc) is 2.77. The maximum absolute atomic E-state index is 13.5. The number of nitrogens with one attached hydrogen (secondary N) is 1. The molecule has 2 aliphatic heterocycles. The van der Waals surface area contributed by atoms with E-state index in [0.29, 0.717) is 13.1 Å². The summed E-state index contributed by atoms with van der Waals surface area (Å²) in [7, 11) is 0. The number of likely N-dealkylation sites (tertiary alicyclic amines) is 1. The molecule has 1 aromatic carbocycles. The molecular weight excluding hydrogens is 386 g/mol. The van der Waals surface area contributed by atoms with Crippen LogP contribution in [-0.2, 0) is 9.59 Å². The van der Waals surface area contributed by atoms with E-state index in [1.807, 2.05) is 35.3 Å². The highest BCUT2D eigenvalue weighted by atomic mass is 16.2. The summed E-state index contributed by atoms with van der Waals surface area (Å²) in [6, 6.07) is 9.67. The monoisotopic (exact) mass is 421 g/mol. The van der Waals surface area contributed by atoms with Crippen molar-refractivity contribution in [1.29, 1.82) is 0 Å². The first-order chi connectivity index (χ1) is 15.1. The third kappa shape index (κ3) is 5.73. The van der Waals surface area contributed by atoms with Gasteiger partial charge in [-0.3, -0.25) is 14.5 Å². The van der Waals surface area contributed by atoms with Gasteiger partial charge in [0.15, 0.2) is 0 Å². The van der Waals surface area contributed by atoms with E-state index in [0.717, 1.165) is 50.8 Å². The van der Waals surface area contributed by atoms with E-state index in [2.05, 4.69) is 47.7 Å². The van der Waals surface area contributed by atoms with Crippen LogP contribution in [0.5, 0.6) is 0 Å². The molecule has 1 atom stereocenters. The molecule has 2 saturated heterocycles. The summed E-state index contributed by atoms with van der Waals surface area (Å²) >= 11 is 0. The van der Waals surface area contributed by atoms with E-state index in [1.165, 1.54) is 0 Å². The Hall–Kier alpha value is -2.66. The van der Waals surface area contributed by atoms with Crippen molar-refractivity contribution in [1.82, 2.24) is 15.1 Å². The second-order valence-electron chi connectivity index (χ2n) is 8.53. The third-order valence-electron chi connectivity index (χ3n) is 6.46. The quantitative estimate of drug-likeness (QED) is 0.617. The van der Waals surface area contributed by atoms with Crippen LogP contribution in [0.2, 0.25) is 0 Å². The number of benzene rings is 1. The number of amides is 2. The predicted molar refractivity (Wildman–Crippen MR) is 126 cm³/mol. The Morgan fingerprint density at radius 3 is 2.58 bits per heavy atom. The normalized spacial score (nSPS) is 21.6. The molecule has 2 fully saturated rings. The third-order valence-corrected chi connectivity index (χ3v) is 6.46. The van der Waals surface area contributed by atoms with Gasteiger partial charge in [0.05, 0.1) is 12.5 Å². The van der Waals surface area contributed by atoms with E-state index in [1.54, 1.807) is 0 Å². The molecule has 166 valence electrons. The topological polar surface area (TPSA) is 52.7 Å². The number of piperazine rings is 1. The fourth-order valence-electron chi connectivity index (χ4n) is 4.90. The molecule has 0 bridgehead atoms. The van der Waals surface area contributed by atoms with Crippen LogP contribution in [0.25, 0.3) is 6.08 Å². The molecule has 0 saturated carbocycles. The number of hydrogen-bond acceptors (Lipinski definition) is 3. The Labute approximate surface area is 186 Å². The molecule has 31 heavy (non-hydrogen) atoms. The van der Waals surface area contributed by atoms with Crippen molar-refractivity contribution in [3.05, 3.63) is 67.3 Å². The standard InChI is InChI=1S/C26H35N3O2/c1-3-14-26(15-4-2)16-8-9-19-29(26)24(30)21-23-25(31)27-17-20-28(23)18-10-13-22-11-6-5-7-12-22/h3-7,10-13,23H,1-2,8-9,14-21H2,(H,27,31)/b13-10+. The maximum atomic E-state index is 13.5. The summed E-state index contributed by atoms with van der Waals surface area (Å²) in [5.74, 6) is 0.00486. The molecule has 2 heterocycles. The van der Waals surface area contributed by atoms with E-state index >= 15 is 0 Å². The van der Waals surface area contributed by atoms with Crippen LogP contribution in [0, 0.1) is 0 Å². The number of rotatable bonds is 9. The molecule has 2 aliphatic rings. The minimum Gasteiger partial charge on any atom is -0.353 e.